The molecule has 1 N–H and O–H groups in total. The van der Waals surface area contributed by atoms with Gasteiger partial charge in [-0.2, -0.15) is 0 Å². The summed E-state index contributed by atoms with van der Waals surface area (Å²) < 4.78 is 0. The van der Waals surface area contributed by atoms with Crippen LogP contribution < -0.4 is 5.32 Å². The lowest BCUT2D eigenvalue weighted by molar-refractivity contribution is 0.397. The van der Waals surface area contributed by atoms with Gasteiger partial charge in [0.1, 0.15) is 6.33 Å². The molecule has 0 bridgehead atoms. The zero-order valence-corrected chi connectivity index (χ0v) is 8.66. The van der Waals surface area contributed by atoms with Crippen molar-refractivity contribution in [2.45, 2.75) is 38.6 Å². The van der Waals surface area contributed by atoms with Gasteiger partial charge in [-0.3, -0.25) is 0 Å². The molecule has 1 atom stereocenters. The van der Waals surface area contributed by atoms with E-state index in [4.69, 9.17) is 0 Å². The number of rotatable bonds is 2. The Morgan fingerprint density at radius 2 is 2.36 bits per heavy atom. The molecule has 3 nitrogen and oxygen atoms in total. The fourth-order valence-corrected chi connectivity index (χ4v) is 1.97. The summed E-state index contributed by atoms with van der Waals surface area (Å²) in [6, 6.07) is 2.70. The van der Waals surface area contributed by atoms with E-state index in [1.165, 1.54) is 19.3 Å². The maximum atomic E-state index is 4.28. The highest BCUT2D eigenvalue weighted by molar-refractivity contribution is 5.08. The summed E-state index contributed by atoms with van der Waals surface area (Å²) in [5.74, 6) is 0. The molecule has 0 radical (unpaired) electrons. The number of piperidine rings is 1. The first-order valence-electron chi connectivity index (χ1n) is 5.35. The molecule has 2 heterocycles. The highest BCUT2D eigenvalue weighted by atomic mass is 14.9. The second-order valence-electron chi connectivity index (χ2n) is 4.00. The Morgan fingerprint density at radius 3 is 3.07 bits per heavy atom. The van der Waals surface area contributed by atoms with E-state index in [9.17, 15) is 0 Å². The minimum Gasteiger partial charge on any atom is -0.314 e. The summed E-state index contributed by atoms with van der Waals surface area (Å²) in [6.45, 7) is 3.17. The maximum Gasteiger partial charge on any atom is 0.115 e. The lowest BCUT2D eigenvalue weighted by Gasteiger charge is -2.22. The van der Waals surface area contributed by atoms with Crippen LogP contribution in [0.25, 0.3) is 0 Å². The molecule has 2 rings (SSSR count). The standard InChI is InChI=1S/C11H17N3/c1-9-6-11(14-8-13-9)7-10-4-2-3-5-12-10/h6,8,10,12H,2-5,7H2,1H3. The van der Waals surface area contributed by atoms with Crippen molar-refractivity contribution in [1.29, 1.82) is 0 Å². The van der Waals surface area contributed by atoms with Gasteiger partial charge in [0.05, 0.1) is 0 Å². The molecule has 1 fully saturated rings. The summed E-state index contributed by atoms with van der Waals surface area (Å²) >= 11 is 0. The van der Waals surface area contributed by atoms with E-state index in [0.29, 0.717) is 6.04 Å². The molecule has 1 unspecified atom stereocenters. The Hall–Kier alpha value is -0.960. The summed E-state index contributed by atoms with van der Waals surface area (Å²) in [4.78, 5) is 8.38. The topological polar surface area (TPSA) is 37.8 Å². The minimum atomic E-state index is 0.623. The molecule has 1 aromatic heterocycles. The van der Waals surface area contributed by atoms with Crippen LogP contribution in [0.2, 0.25) is 0 Å². The molecule has 0 aromatic carbocycles. The number of hydrogen-bond donors (Lipinski definition) is 1. The Morgan fingerprint density at radius 1 is 1.43 bits per heavy atom. The molecular formula is C11H17N3. The van der Waals surface area contributed by atoms with Crippen molar-refractivity contribution in [3.63, 3.8) is 0 Å². The second-order valence-corrected chi connectivity index (χ2v) is 4.00. The predicted molar refractivity (Wildman–Crippen MR) is 56.1 cm³/mol. The smallest absolute Gasteiger partial charge is 0.115 e. The van der Waals surface area contributed by atoms with Crippen LogP contribution in [0.15, 0.2) is 12.4 Å². The molecule has 1 aromatic rings. The van der Waals surface area contributed by atoms with E-state index in [1.54, 1.807) is 6.33 Å². The number of aromatic nitrogens is 2. The van der Waals surface area contributed by atoms with Crippen molar-refractivity contribution >= 4 is 0 Å². The maximum absolute atomic E-state index is 4.28. The van der Waals surface area contributed by atoms with Crippen LogP contribution in [0.1, 0.15) is 30.7 Å². The van der Waals surface area contributed by atoms with E-state index < -0.39 is 0 Å². The lowest BCUT2D eigenvalue weighted by Crippen LogP contribution is -2.35. The summed E-state index contributed by atoms with van der Waals surface area (Å²) in [6.07, 6.45) is 6.65. The van der Waals surface area contributed by atoms with E-state index in [2.05, 4.69) is 21.4 Å². The van der Waals surface area contributed by atoms with Crippen molar-refractivity contribution in [1.82, 2.24) is 15.3 Å². The molecule has 0 amide bonds. The minimum absolute atomic E-state index is 0.623. The average molecular weight is 191 g/mol. The molecule has 76 valence electrons. The van der Waals surface area contributed by atoms with Crippen molar-refractivity contribution in [3.8, 4) is 0 Å². The van der Waals surface area contributed by atoms with Gasteiger partial charge in [0.25, 0.3) is 0 Å². The largest absolute Gasteiger partial charge is 0.314 e. The van der Waals surface area contributed by atoms with Crippen LogP contribution in [-0.4, -0.2) is 22.6 Å². The monoisotopic (exact) mass is 191 g/mol. The zero-order valence-electron chi connectivity index (χ0n) is 8.66. The average Bonchev–Trinajstić information content (AvgIpc) is 2.19. The number of aryl methyl sites for hydroxylation is 1. The Balaban J connectivity index is 1.95. The summed E-state index contributed by atoms with van der Waals surface area (Å²) in [5, 5.41) is 3.53. The Bertz CT molecular complexity index is 292. The lowest BCUT2D eigenvalue weighted by atomic mass is 10.0. The van der Waals surface area contributed by atoms with Crippen molar-refractivity contribution in [2.75, 3.05) is 6.54 Å². The van der Waals surface area contributed by atoms with Crippen molar-refractivity contribution in [3.05, 3.63) is 23.8 Å². The third kappa shape index (κ3) is 2.51. The fraction of sp³-hybridized carbons (Fsp3) is 0.636. The fourth-order valence-electron chi connectivity index (χ4n) is 1.97. The second kappa shape index (κ2) is 4.51. The molecule has 0 aliphatic carbocycles. The predicted octanol–water partition coefficient (Wildman–Crippen LogP) is 1.47. The number of nitrogens with one attached hydrogen (secondary N) is 1. The molecule has 3 heteroatoms. The Labute approximate surface area is 85.0 Å². The van der Waals surface area contributed by atoms with Crippen molar-refractivity contribution < 1.29 is 0 Å². The van der Waals surface area contributed by atoms with Crippen molar-refractivity contribution in [2.24, 2.45) is 0 Å². The molecule has 0 spiro atoms. The SMILES string of the molecule is Cc1cc(CC2CCCCN2)ncn1. The van der Waals surface area contributed by atoms with Gasteiger partial charge in [0.2, 0.25) is 0 Å². The number of nitrogens with zero attached hydrogens (tertiary/aromatic N) is 2. The van der Waals surface area contributed by atoms with Crippen LogP contribution in [0.5, 0.6) is 0 Å². The van der Waals surface area contributed by atoms with Crippen LogP contribution >= 0.6 is 0 Å². The van der Waals surface area contributed by atoms with E-state index in [-0.39, 0.29) is 0 Å². The molecule has 0 saturated carbocycles. The summed E-state index contributed by atoms with van der Waals surface area (Å²) in [7, 11) is 0. The normalized spacial score (nSPS) is 22.2. The first kappa shape index (κ1) is 9.59. The van der Waals surface area contributed by atoms with Crippen LogP contribution in [-0.2, 0) is 6.42 Å². The molecule has 1 aliphatic heterocycles. The van der Waals surface area contributed by atoms with Gasteiger partial charge in [-0.25, -0.2) is 9.97 Å². The van der Waals surface area contributed by atoms with Crippen LogP contribution in [0, 0.1) is 6.92 Å². The molecule has 14 heavy (non-hydrogen) atoms. The Kier molecular flexibility index (Phi) is 3.09. The van der Waals surface area contributed by atoms with E-state index in [0.717, 1.165) is 24.4 Å². The zero-order chi connectivity index (χ0) is 9.80. The molecule has 1 saturated heterocycles. The van der Waals surface area contributed by atoms with E-state index in [1.807, 2.05) is 6.92 Å². The van der Waals surface area contributed by atoms with Crippen LogP contribution in [0.4, 0.5) is 0 Å². The first-order valence-corrected chi connectivity index (χ1v) is 5.35. The van der Waals surface area contributed by atoms with Gasteiger partial charge in [0.15, 0.2) is 0 Å². The van der Waals surface area contributed by atoms with E-state index >= 15 is 0 Å². The quantitative estimate of drug-likeness (QED) is 0.769. The first-order chi connectivity index (χ1) is 6.84. The highest BCUT2D eigenvalue weighted by Crippen LogP contribution is 2.11. The van der Waals surface area contributed by atoms with Gasteiger partial charge >= 0.3 is 0 Å². The highest BCUT2D eigenvalue weighted by Gasteiger charge is 2.13. The van der Waals surface area contributed by atoms with Gasteiger partial charge < -0.3 is 5.32 Å². The van der Waals surface area contributed by atoms with Gasteiger partial charge in [-0.15, -0.1) is 0 Å². The van der Waals surface area contributed by atoms with Gasteiger partial charge in [-0.1, -0.05) is 6.42 Å². The van der Waals surface area contributed by atoms with Gasteiger partial charge in [-0.05, 0) is 32.4 Å². The third-order valence-electron chi connectivity index (χ3n) is 2.73. The summed E-state index contributed by atoms with van der Waals surface area (Å²) in [5.41, 5.74) is 2.22. The third-order valence-corrected chi connectivity index (χ3v) is 2.73. The van der Waals surface area contributed by atoms with Gasteiger partial charge in [0, 0.05) is 23.9 Å². The number of hydrogen-bond acceptors (Lipinski definition) is 3. The molecule has 1 aliphatic rings. The van der Waals surface area contributed by atoms with Crippen LogP contribution in [0.3, 0.4) is 0 Å². The molecular weight excluding hydrogens is 174 g/mol.